The van der Waals surface area contributed by atoms with Gasteiger partial charge in [0.25, 0.3) is 5.56 Å². The molecule has 5 rings (SSSR count). The Morgan fingerprint density at radius 1 is 1.06 bits per heavy atom. The Balaban J connectivity index is 1.77. The fourth-order valence-corrected chi connectivity index (χ4v) is 4.50. The van der Waals surface area contributed by atoms with E-state index in [0.717, 1.165) is 36.8 Å². The lowest BCUT2D eigenvalue weighted by molar-refractivity contribution is 0.474. The van der Waals surface area contributed by atoms with Gasteiger partial charge >= 0.3 is 5.69 Å². The second-order valence-corrected chi connectivity index (χ2v) is 8.24. The number of imidazole rings is 1. The monoisotopic (exact) mass is 418 g/mol. The van der Waals surface area contributed by atoms with Crippen LogP contribution in [0.5, 0.6) is 0 Å². The molecule has 2 aromatic heterocycles. The molecule has 0 amide bonds. The number of hydrogen-bond donors (Lipinski definition) is 0. The fraction of sp³-hybridized carbons (Fsp3) is 0.292. The van der Waals surface area contributed by atoms with Crippen molar-refractivity contribution in [1.82, 2.24) is 18.7 Å². The van der Waals surface area contributed by atoms with Crippen LogP contribution in [0, 0.1) is 12.7 Å². The Hall–Kier alpha value is -3.48. The highest BCUT2D eigenvalue weighted by Gasteiger charge is 2.26. The van der Waals surface area contributed by atoms with Crippen molar-refractivity contribution in [2.24, 2.45) is 0 Å². The lowest BCUT2D eigenvalue weighted by Gasteiger charge is -2.17. The largest absolute Gasteiger partial charge is 0.337 e. The van der Waals surface area contributed by atoms with Crippen LogP contribution in [-0.4, -0.2) is 18.7 Å². The van der Waals surface area contributed by atoms with Gasteiger partial charge in [0.15, 0.2) is 11.2 Å². The number of aryl methyl sites for hydroxylation is 1. The Labute approximate surface area is 178 Å². The molecule has 0 N–H and O–H groups in total. The Morgan fingerprint density at radius 3 is 2.52 bits per heavy atom. The van der Waals surface area contributed by atoms with Crippen LogP contribution >= 0.6 is 0 Å². The molecule has 0 saturated heterocycles. The number of hydrogen-bond acceptors (Lipinski definition) is 3. The van der Waals surface area contributed by atoms with Crippen LogP contribution in [0.25, 0.3) is 16.9 Å². The number of aromatic nitrogens is 4. The van der Waals surface area contributed by atoms with E-state index in [4.69, 9.17) is 0 Å². The Morgan fingerprint density at radius 2 is 1.81 bits per heavy atom. The molecule has 1 fully saturated rings. The molecule has 0 unspecified atom stereocenters. The molecule has 2 aromatic carbocycles. The summed E-state index contributed by atoms with van der Waals surface area (Å²) in [5.74, 6) is -0.449. The lowest BCUT2D eigenvalue weighted by atomic mass is 10.1. The first-order valence-electron chi connectivity index (χ1n) is 10.6. The second-order valence-electron chi connectivity index (χ2n) is 8.24. The first-order valence-corrected chi connectivity index (χ1v) is 10.6. The molecule has 0 radical (unpaired) electrons. The topological polar surface area (TPSA) is 61.8 Å². The van der Waals surface area contributed by atoms with Crippen LogP contribution in [0.3, 0.4) is 0 Å². The van der Waals surface area contributed by atoms with Crippen LogP contribution < -0.4 is 11.2 Å². The third-order valence-corrected chi connectivity index (χ3v) is 6.08. The Kier molecular flexibility index (Phi) is 4.81. The van der Waals surface area contributed by atoms with Gasteiger partial charge in [-0.05, 0) is 43.5 Å². The summed E-state index contributed by atoms with van der Waals surface area (Å²) in [5.41, 5.74) is 2.36. The summed E-state index contributed by atoms with van der Waals surface area (Å²) in [6, 6.07) is 13.8. The number of nitrogens with zero attached hydrogens (tertiary/aromatic N) is 4. The van der Waals surface area contributed by atoms with Gasteiger partial charge in [-0.25, -0.2) is 18.7 Å². The van der Waals surface area contributed by atoms with Crippen molar-refractivity contribution in [2.75, 3.05) is 0 Å². The summed E-state index contributed by atoms with van der Waals surface area (Å²) in [7, 11) is 0. The highest BCUT2D eigenvalue weighted by molar-refractivity contribution is 5.72. The average molecular weight is 418 g/mol. The van der Waals surface area contributed by atoms with Crippen LogP contribution in [0.1, 0.15) is 42.9 Å². The fourth-order valence-electron chi connectivity index (χ4n) is 4.50. The molecule has 7 heteroatoms. The maximum atomic E-state index is 14.0. The molecule has 1 saturated carbocycles. The summed E-state index contributed by atoms with van der Waals surface area (Å²) in [5, 5.41) is 0. The summed E-state index contributed by atoms with van der Waals surface area (Å²) < 4.78 is 18.5. The molecule has 1 aliphatic rings. The zero-order chi connectivity index (χ0) is 21.5. The smallest absolute Gasteiger partial charge is 0.320 e. The minimum atomic E-state index is -0.462. The van der Waals surface area contributed by atoms with Gasteiger partial charge in [-0.1, -0.05) is 48.7 Å². The van der Waals surface area contributed by atoms with E-state index in [1.165, 1.54) is 21.3 Å². The number of fused-ring (bicyclic) bond motifs is 1. The van der Waals surface area contributed by atoms with Crippen LogP contribution in [0.15, 0.2) is 64.4 Å². The van der Waals surface area contributed by atoms with Gasteiger partial charge in [-0.3, -0.25) is 9.36 Å². The third kappa shape index (κ3) is 3.40. The molecule has 158 valence electrons. The van der Waals surface area contributed by atoms with E-state index in [1.807, 2.05) is 31.2 Å². The van der Waals surface area contributed by atoms with Crippen molar-refractivity contribution < 1.29 is 4.39 Å². The second kappa shape index (κ2) is 7.65. The van der Waals surface area contributed by atoms with Gasteiger partial charge in [0.05, 0.1) is 12.0 Å². The lowest BCUT2D eigenvalue weighted by Crippen LogP contribution is -2.41. The Bertz CT molecular complexity index is 1380. The summed E-state index contributed by atoms with van der Waals surface area (Å²) >= 11 is 0. The van der Waals surface area contributed by atoms with Crippen molar-refractivity contribution in [3.05, 3.63) is 92.6 Å². The van der Waals surface area contributed by atoms with Crippen molar-refractivity contribution in [3.63, 3.8) is 0 Å². The van der Waals surface area contributed by atoms with Gasteiger partial charge in [0, 0.05) is 12.6 Å². The standard InChI is InChI=1S/C24H23FN4O2/c1-16-9-11-17(12-10-16)14-27-15-26-22-21(27)23(30)29(19-6-2-3-7-19)24(31)28(22)20-8-4-5-18(25)13-20/h4-5,8-13,15,19H,2-3,6-7,14H2,1H3. The molecule has 0 atom stereocenters. The molecule has 1 aliphatic carbocycles. The molecular formula is C24H23FN4O2. The molecule has 0 aliphatic heterocycles. The van der Waals surface area contributed by atoms with E-state index >= 15 is 0 Å². The molecule has 4 aromatic rings. The van der Waals surface area contributed by atoms with Crippen LogP contribution in [-0.2, 0) is 6.54 Å². The third-order valence-electron chi connectivity index (χ3n) is 6.08. The van der Waals surface area contributed by atoms with E-state index < -0.39 is 11.5 Å². The quantitative estimate of drug-likeness (QED) is 0.504. The van der Waals surface area contributed by atoms with Gasteiger partial charge < -0.3 is 4.57 Å². The van der Waals surface area contributed by atoms with E-state index in [0.29, 0.717) is 17.7 Å². The predicted molar refractivity (Wildman–Crippen MR) is 117 cm³/mol. The number of halogens is 1. The van der Waals surface area contributed by atoms with E-state index in [2.05, 4.69) is 4.98 Å². The maximum absolute atomic E-state index is 14.0. The predicted octanol–water partition coefficient (Wildman–Crippen LogP) is 3.96. The van der Waals surface area contributed by atoms with Crippen molar-refractivity contribution in [3.8, 4) is 5.69 Å². The normalized spacial score (nSPS) is 14.5. The summed E-state index contributed by atoms with van der Waals surface area (Å²) in [4.78, 5) is 31.4. The zero-order valence-corrected chi connectivity index (χ0v) is 17.3. The van der Waals surface area contributed by atoms with Gasteiger partial charge in [-0.15, -0.1) is 0 Å². The molecule has 31 heavy (non-hydrogen) atoms. The summed E-state index contributed by atoms with van der Waals surface area (Å²) in [6.07, 6.45) is 5.13. The molecular weight excluding hydrogens is 395 g/mol. The van der Waals surface area contributed by atoms with E-state index in [-0.39, 0.29) is 17.2 Å². The minimum Gasteiger partial charge on any atom is -0.320 e. The molecule has 2 heterocycles. The highest BCUT2D eigenvalue weighted by atomic mass is 19.1. The highest BCUT2D eigenvalue weighted by Crippen LogP contribution is 2.28. The van der Waals surface area contributed by atoms with Crippen molar-refractivity contribution >= 4 is 11.2 Å². The first kappa shape index (κ1) is 19.5. The summed E-state index contributed by atoms with van der Waals surface area (Å²) in [6.45, 7) is 2.48. The molecule has 0 bridgehead atoms. The first-order chi connectivity index (χ1) is 15.0. The van der Waals surface area contributed by atoms with Crippen molar-refractivity contribution in [2.45, 2.75) is 45.2 Å². The minimum absolute atomic E-state index is 0.146. The van der Waals surface area contributed by atoms with E-state index in [1.54, 1.807) is 23.0 Å². The SMILES string of the molecule is Cc1ccc(Cn2cnc3c2c(=O)n(C2CCCC2)c(=O)n3-c2cccc(F)c2)cc1. The van der Waals surface area contributed by atoms with Gasteiger partial charge in [0.1, 0.15) is 5.82 Å². The number of rotatable bonds is 4. The van der Waals surface area contributed by atoms with Gasteiger partial charge in [0.2, 0.25) is 0 Å². The maximum Gasteiger partial charge on any atom is 0.337 e. The number of benzene rings is 2. The van der Waals surface area contributed by atoms with Crippen LogP contribution in [0.2, 0.25) is 0 Å². The van der Waals surface area contributed by atoms with Gasteiger partial charge in [-0.2, -0.15) is 0 Å². The zero-order valence-electron chi connectivity index (χ0n) is 17.3. The molecule has 0 spiro atoms. The molecule has 6 nitrogen and oxygen atoms in total. The van der Waals surface area contributed by atoms with E-state index in [9.17, 15) is 14.0 Å². The van der Waals surface area contributed by atoms with Crippen molar-refractivity contribution in [1.29, 1.82) is 0 Å². The average Bonchev–Trinajstić information content (AvgIpc) is 3.41. The van der Waals surface area contributed by atoms with Crippen LogP contribution in [0.4, 0.5) is 4.39 Å².